The van der Waals surface area contributed by atoms with Crippen LogP contribution in [0, 0.1) is 4.64 Å². The summed E-state index contributed by atoms with van der Waals surface area (Å²) in [5, 5.41) is 13.0. The quantitative estimate of drug-likeness (QED) is 0.250. The minimum Gasteiger partial charge on any atom is -0.390 e. The van der Waals surface area contributed by atoms with Gasteiger partial charge in [-0.05, 0) is 22.9 Å². The molecule has 3 rings (SSSR count). The average Bonchev–Trinajstić information content (AvgIpc) is 3.17. The smallest absolute Gasteiger partial charge is 0.390 e. The van der Waals surface area contributed by atoms with E-state index in [0.29, 0.717) is 4.64 Å². The van der Waals surface area contributed by atoms with Gasteiger partial charge in [-0.1, -0.05) is 12.2 Å². The normalized spacial score (nSPS) is 26.5. The zero-order valence-corrected chi connectivity index (χ0v) is 19.0. The lowest BCUT2D eigenvalue weighted by Crippen LogP contribution is -2.26. The van der Waals surface area contributed by atoms with Crippen molar-refractivity contribution in [1.82, 2.24) is 4.57 Å². The molecule has 1 aliphatic heterocycles. The number of ether oxygens (including phenoxy) is 1. The van der Waals surface area contributed by atoms with Crippen molar-refractivity contribution in [2.45, 2.75) is 24.9 Å². The second kappa shape index (κ2) is 8.89. The van der Waals surface area contributed by atoms with Crippen LogP contribution >= 0.6 is 47.0 Å². The minimum atomic E-state index is -5.62. The average molecular weight is 523 g/mol. The Balaban J connectivity index is 1.64. The second-order valence-corrected chi connectivity index (χ2v) is 11.8. The Hall–Kier alpha value is -0.340. The number of pyridine rings is 1. The topological polar surface area (TPSA) is 194 Å². The monoisotopic (exact) mass is 523 g/mol. The van der Waals surface area contributed by atoms with Crippen LogP contribution in [0.4, 0.5) is 0 Å². The summed E-state index contributed by atoms with van der Waals surface area (Å²) in [5.41, 5.74) is 0. The SMILES string of the molecule is O=P(O)(O)OP(=O)(O)OP(=O)(O)OCC1O[C@@H](n2ccc3ccsc3c2=S)C[C@H]1O. The number of aromatic nitrogens is 1. The first-order valence-corrected chi connectivity index (χ1v) is 13.8. The van der Waals surface area contributed by atoms with Crippen LogP contribution in [0.15, 0.2) is 23.7 Å². The van der Waals surface area contributed by atoms with Crippen LogP contribution in [-0.2, 0) is 31.6 Å². The molecule has 1 aliphatic rings. The summed E-state index contributed by atoms with van der Waals surface area (Å²) in [7, 11) is -16.4. The number of nitrogens with zero attached hydrogens (tertiary/aromatic N) is 1. The Labute approximate surface area is 177 Å². The van der Waals surface area contributed by atoms with Gasteiger partial charge in [0.2, 0.25) is 0 Å². The highest BCUT2D eigenvalue weighted by Crippen LogP contribution is 2.66. The first kappa shape index (κ1) is 24.3. The summed E-state index contributed by atoms with van der Waals surface area (Å²) in [4.78, 5) is 35.6. The standard InChI is InChI=1S/C12H16NO12P3S2/c14-8-5-10(13-3-1-7-2-4-30-11(7)12(13)29)23-9(8)6-22-27(18,19)25-28(20,21)24-26(15,16)17/h1-4,8-10,14H,5-6H2,(H,18,19)(H,20,21)(H2,15,16,17)/t8-,9?,10-/m1/s1. The van der Waals surface area contributed by atoms with Gasteiger partial charge in [0.05, 0.1) is 17.4 Å². The fourth-order valence-corrected chi connectivity index (χ4v) is 7.00. The fraction of sp³-hybridized carbons (Fsp3) is 0.417. The van der Waals surface area contributed by atoms with E-state index in [2.05, 4.69) is 13.1 Å². The van der Waals surface area contributed by atoms with E-state index in [9.17, 15) is 23.7 Å². The van der Waals surface area contributed by atoms with Crippen molar-refractivity contribution in [3.63, 3.8) is 0 Å². The molecule has 168 valence electrons. The van der Waals surface area contributed by atoms with Crippen molar-refractivity contribution < 1.29 is 56.3 Å². The van der Waals surface area contributed by atoms with Gasteiger partial charge in [-0.2, -0.15) is 8.62 Å². The van der Waals surface area contributed by atoms with Crippen LogP contribution < -0.4 is 0 Å². The molecule has 0 spiro atoms. The van der Waals surface area contributed by atoms with Gasteiger partial charge in [0.25, 0.3) is 0 Å². The zero-order chi connectivity index (χ0) is 22.3. The van der Waals surface area contributed by atoms with Gasteiger partial charge < -0.3 is 34.0 Å². The third kappa shape index (κ3) is 6.12. The minimum absolute atomic E-state index is 0.0790. The Kier molecular flexibility index (Phi) is 7.20. The highest BCUT2D eigenvalue weighted by atomic mass is 32.1. The molecule has 0 radical (unpaired) electrons. The molecule has 30 heavy (non-hydrogen) atoms. The van der Waals surface area contributed by atoms with Crippen molar-refractivity contribution in [3.05, 3.63) is 28.4 Å². The van der Waals surface area contributed by atoms with Crippen LogP contribution in [0.1, 0.15) is 12.6 Å². The van der Waals surface area contributed by atoms with E-state index in [4.69, 9.17) is 31.6 Å². The number of fused-ring (bicyclic) bond motifs is 1. The second-order valence-electron chi connectivity index (χ2n) is 6.05. The summed E-state index contributed by atoms with van der Waals surface area (Å²) >= 11 is 6.87. The summed E-state index contributed by atoms with van der Waals surface area (Å²) in [6.07, 6.45) is -1.20. The number of aliphatic hydroxyl groups is 1. The Morgan fingerprint density at radius 1 is 1.17 bits per heavy atom. The molecule has 2 aromatic rings. The lowest BCUT2D eigenvalue weighted by Gasteiger charge is -2.19. The number of aliphatic hydroxyl groups excluding tert-OH is 1. The summed E-state index contributed by atoms with van der Waals surface area (Å²) in [6, 6.07) is 3.72. The van der Waals surface area contributed by atoms with Crippen molar-refractivity contribution >= 4 is 57.1 Å². The van der Waals surface area contributed by atoms with Gasteiger partial charge in [-0.25, -0.2) is 13.7 Å². The summed E-state index contributed by atoms with van der Waals surface area (Å²) < 4.78 is 54.0. The third-order valence-corrected chi connectivity index (χ3v) is 9.16. The van der Waals surface area contributed by atoms with E-state index in [-0.39, 0.29) is 6.42 Å². The van der Waals surface area contributed by atoms with E-state index in [1.807, 2.05) is 17.5 Å². The van der Waals surface area contributed by atoms with E-state index in [0.717, 1.165) is 10.1 Å². The molecule has 0 aromatic carbocycles. The van der Waals surface area contributed by atoms with Crippen molar-refractivity contribution in [2.24, 2.45) is 0 Å². The van der Waals surface area contributed by atoms with E-state index in [1.165, 1.54) is 11.3 Å². The molecule has 0 saturated carbocycles. The van der Waals surface area contributed by atoms with Crippen molar-refractivity contribution in [2.75, 3.05) is 6.61 Å². The van der Waals surface area contributed by atoms with E-state index in [1.54, 1.807) is 10.8 Å². The molecule has 0 amide bonds. The number of phosphoric acid groups is 3. The number of hydrogen-bond donors (Lipinski definition) is 5. The van der Waals surface area contributed by atoms with Crippen molar-refractivity contribution in [3.8, 4) is 0 Å². The predicted molar refractivity (Wildman–Crippen MR) is 105 cm³/mol. The molecule has 0 aliphatic carbocycles. The van der Waals surface area contributed by atoms with Crippen LogP contribution in [0.2, 0.25) is 0 Å². The highest BCUT2D eigenvalue weighted by molar-refractivity contribution is 7.71. The molecule has 1 saturated heterocycles. The van der Waals surface area contributed by atoms with Crippen LogP contribution in [0.25, 0.3) is 10.1 Å². The first-order valence-electron chi connectivity index (χ1n) is 7.96. The van der Waals surface area contributed by atoms with Gasteiger partial charge >= 0.3 is 23.5 Å². The van der Waals surface area contributed by atoms with Gasteiger partial charge in [-0.3, -0.25) is 4.52 Å². The van der Waals surface area contributed by atoms with Crippen molar-refractivity contribution in [1.29, 1.82) is 0 Å². The van der Waals surface area contributed by atoms with E-state index < -0.39 is 48.5 Å². The molecule has 3 heterocycles. The lowest BCUT2D eigenvalue weighted by molar-refractivity contribution is -0.0438. The number of thiophene rings is 1. The molecule has 2 aromatic heterocycles. The molecule has 5 atom stereocenters. The highest BCUT2D eigenvalue weighted by Gasteiger charge is 2.42. The molecule has 18 heteroatoms. The maximum absolute atomic E-state index is 11.8. The Morgan fingerprint density at radius 3 is 2.53 bits per heavy atom. The maximum Gasteiger partial charge on any atom is 0.490 e. The number of hydrogen-bond acceptors (Lipinski definition) is 10. The first-order chi connectivity index (χ1) is 13.8. The number of rotatable bonds is 8. The molecule has 5 N–H and O–H groups in total. The third-order valence-electron chi connectivity index (χ3n) is 3.87. The Bertz CT molecular complexity index is 1130. The predicted octanol–water partition coefficient (Wildman–Crippen LogP) is 2.42. The van der Waals surface area contributed by atoms with Gasteiger partial charge in [0.1, 0.15) is 17.0 Å². The summed E-state index contributed by atoms with van der Waals surface area (Å²) in [6.45, 7) is -0.740. The lowest BCUT2D eigenvalue weighted by atomic mass is 10.2. The molecular weight excluding hydrogens is 507 g/mol. The van der Waals surface area contributed by atoms with Gasteiger partial charge in [0.15, 0.2) is 0 Å². The van der Waals surface area contributed by atoms with E-state index >= 15 is 0 Å². The van der Waals surface area contributed by atoms with Gasteiger partial charge in [-0.15, -0.1) is 11.3 Å². The largest absolute Gasteiger partial charge is 0.490 e. The Morgan fingerprint density at radius 2 is 1.87 bits per heavy atom. The number of phosphoric ester groups is 1. The zero-order valence-electron chi connectivity index (χ0n) is 14.7. The summed E-state index contributed by atoms with van der Waals surface area (Å²) in [5.74, 6) is 0. The fourth-order valence-electron chi connectivity index (χ4n) is 2.70. The molecule has 13 nitrogen and oxygen atoms in total. The maximum atomic E-state index is 11.8. The van der Waals surface area contributed by atoms with Crippen LogP contribution in [-0.4, -0.2) is 48.1 Å². The molecule has 1 fully saturated rings. The van der Waals surface area contributed by atoms with Gasteiger partial charge in [0, 0.05) is 12.6 Å². The molecule has 3 unspecified atom stereocenters. The van der Waals surface area contributed by atoms with Crippen LogP contribution in [0.3, 0.4) is 0 Å². The molecular formula is C12H16NO12P3S2. The molecule has 0 bridgehead atoms. The van der Waals surface area contributed by atoms with Crippen LogP contribution in [0.5, 0.6) is 0 Å².